The van der Waals surface area contributed by atoms with Crippen LogP contribution in [0.5, 0.6) is 11.5 Å². The number of benzene rings is 2. The van der Waals surface area contributed by atoms with Crippen molar-refractivity contribution in [3.05, 3.63) is 69.3 Å². The van der Waals surface area contributed by atoms with E-state index in [0.29, 0.717) is 28.3 Å². The van der Waals surface area contributed by atoms with Gasteiger partial charge < -0.3 is 14.3 Å². The van der Waals surface area contributed by atoms with Gasteiger partial charge in [-0.25, -0.2) is 4.79 Å². The number of nitro benzene ring substituents is 1. The second-order valence-electron chi connectivity index (χ2n) is 5.30. The minimum absolute atomic E-state index is 0.0738. The second kappa shape index (κ2) is 7.06. The topological polar surface area (TPSA) is 100 Å². The third-order valence-corrected chi connectivity index (χ3v) is 3.74. The maximum atomic E-state index is 12.1. The first-order valence-electron chi connectivity index (χ1n) is 7.51. The third kappa shape index (κ3) is 3.25. The fourth-order valence-electron chi connectivity index (χ4n) is 2.50. The van der Waals surface area contributed by atoms with E-state index in [4.69, 9.17) is 14.3 Å². The maximum Gasteiger partial charge on any atom is 0.368 e. The summed E-state index contributed by atoms with van der Waals surface area (Å²) in [6.45, 7) is 0. The Bertz CT molecular complexity index is 948. The monoisotopic (exact) mass is 354 g/mol. The molecule has 0 aliphatic carbocycles. The summed E-state index contributed by atoms with van der Waals surface area (Å²) in [4.78, 5) is 27.3. The number of carbonyl (C=O) groups is 1. The van der Waals surface area contributed by atoms with Gasteiger partial charge >= 0.3 is 5.97 Å². The molecule has 0 fully saturated rings. The first-order chi connectivity index (χ1) is 12.5. The van der Waals surface area contributed by atoms with E-state index < -0.39 is 10.9 Å². The molecule has 2 aromatic rings. The molecule has 3 rings (SSSR count). The largest absolute Gasteiger partial charge is 0.493 e. The number of rotatable bonds is 5. The lowest BCUT2D eigenvalue weighted by Gasteiger charge is -2.09. The number of carbonyl (C=O) groups excluding carboxylic acids is 1. The number of non-ortho nitro benzene ring substituents is 1. The van der Waals surface area contributed by atoms with E-state index in [-0.39, 0.29) is 11.3 Å². The Morgan fingerprint density at radius 2 is 1.88 bits per heavy atom. The molecule has 1 heterocycles. The van der Waals surface area contributed by atoms with E-state index >= 15 is 0 Å². The van der Waals surface area contributed by atoms with Gasteiger partial charge in [0.2, 0.25) is 0 Å². The lowest BCUT2D eigenvalue weighted by Crippen LogP contribution is -2.07. The molecular weight excluding hydrogens is 340 g/mol. The summed E-state index contributed by atoms with van der Waals surface area (Å²) in [5, 5.41) is 14.7. The van der Waals surface area contributed by atoms with Gasteiger partial charge in [0.25, 0.3) is 5.69 Å². The molecule has 0 radical (unpaired) electrons. The van der Waals surface area contributed by atoms with Crippen LogP contribution in [-0.4, -0.2) is 30.8 Å². The van der Waals surface area contributed by atoms with Crippen molar-refractivity contribution in [3.8, 4) is 11.5 Å². The standard InChI is InChI=1S/C18H14N2O6/c1-24-15-7-6-12(10-16(15)25-2)17-14(18(21)26-19-17)9-11-4-3-5-13(8-11)20(22)23/h3-10H,1-2H3/b14-9-. The molecule has 2 aromatic carbocycles. The van der Waals surface area contributed by atoms with Gasteiger partial charge in [-0.2, -0.15) is 0 Å². The van der Waals surface area contributed by atoms with Gasteiger partial charge in [-0.05, 0) is 29.8 Å². The van der Waals surface area contributed by atoms with Gasteiger partial charge in [0.1, 0.15) is 5.71 Å². The normalized spacial score (nSPS) is 14.8. The van der Waals surface area contributed by atoms with Gasteiger partial charge in [0, 0.05) is 17.7 Å². The van der Waals surface area contributed by atoms with Crippen molar-refractivity contribution in [3.63, 3.8) is 0 Å². The van der Waals surface area contributed by atoms with Crippen LogP contribution in [0.4, 0.5) is 5.69 Å². The minimum Gasteiger partial charge on any atom is -0.493 e. The molecule has 1 aliphatic rings. The first-order valence-corrected chi connectivity index (χ1v) is 7.51. The fourth-order valence-corrected chi connectivity index (χ4v) is 2.50. The molecule has 0 spiro atoms. The molecule has 0 bridgehead atoms. The van der Waals surface area contributed by atoms with E-state index in [0.717, 1.165) is 0 Å². The van der Waals surface area contributed by atoms with Crippen molar-refractivity contribution >= 4 is 23.4 Å². The van der Waals surface area contributed by atoms with Crippen molar-refractivity contribution < 1.29 is 24.0 Å². The molecule has 0 amide bonds. The highest BCUT2D eigenvalue weighted by Crippen LogP contribution is 2.30. The zero-order chi connectivity index (χ0) is 18.7. The van der Waals surface area contributed by atoms with Crippen LogP contribution in [0.3, 0.4) is 0 Å². The summed E-state index contributed by atoms with van der Waals surface area (Å²) in [5.74, 6) is 0.370. The van der Waals surface area contributed by atoms with E-state index in [1.54, 1.807) is 24.3 Å². The molecule has 26 heavy (non-hydrogen) atoms. The molecule has 132 valence electrons. The minimum atomic E-state index is -0.638. The molecule has 0 saturated heterocycles. The van der Waals surface area contributed by atoms with Crippen LogP contribution < -0.4 is 9.47 Å². The molecule has 0 saturated carbocycles. The average Bonchev–Trinajstić information content (AvgIpc) is 3.01. The number of oxime groups is 1. The van der Waals surface area contributed by atoms with Crippen molar-refractivity contribution in [2.75, 3.05) is 14.2 Å². The summed E-state index contributed by atoms with van der Waals surface area (Å²) in [6.07, 6.45) is 1.50. The number of nitrogens with zero attached hydrogens (tertiary/aromatic N) is 2. The van der Waals surface area contributed by atoms with Crippen LogP contribution in [0.15, 0.2) is 53.2 Å². The Morgan fingerprint density at radius 3 is 2.58 bits per heavy atom. The third-order valence-electron chi connectivity index (χ3n) is 3.74. The van der Waals surface area contributed by atoms with Crippen molar-refractivity contribution in [1.82, 2.24) is 0 Å². The van der Waals surface area contributed by atoms with Crippen LogP contribution in [0, 0.1) is 10.1 Å². The molecule has 0 aromatic heterocycles. The predicted molar refractivity (Wildman–Crippen MR) is 93.2 cm³/mol. The molecule has 8 heteroatoms. The summed E-state index contributed by atoms with van der Waals surface area (Å²) in [7, 11) is 3.02. The van der Waals surface area contributed by atoms with Crippen molar-refractivity contribution in [2.24, 2.45) is 5.16 Å². The Morgan fingerprint density at radius 1 is 1.12 bits per heavy atom. The highest BCUT2D eigenvalue weighted by molar-refractivity contribution is 6.31. The van der Waals surface area contributed by atoms with Gasteiger partial charge in [-0.1, -0.05) is 17.3 Å². The van der Waals surface area contributed by atoms with E-state index in [2.05, 4.69) is 5.16 Å². The zero-order valence-corrected chi connectivity index (χ0v) is 14.0. The van der Waals surface area contributed by atoms with E-state index in [1.165, 1.54) is 38.5 Å². The Labute approximate surface area is 148 Å². The van der Waals surface area contributed by atoms with Gasteiger partial charge in [0.05, 0.1) is 24.7 Å². The summed E-state index contributed by atoms with van der Waals surface area (Å²) in [5.41, 5.74) is 1.50. The van der Waals surface area contributed by atoms with Gasteiger partial charge in [-0.15, -0.1) is 0 Å². The lowest BCUT2D eigenvalue weighted by molar-refractivity contribution is -0.384. The highest BCUT2D eigenvalue weighted by Gasteiger charge is 2.27. The Hall–Kier alpha value is -3.68. The molecular formula is C18H14N2O6. The SMILES string of the molecule is COc1ccc(C2=NOC(=O)/C2=C\c2cccc([N+](=O)[O-])c2)cc1OC. The quantitative estimate of drug-likeness (QED) is 0.354. The zero-order valence-electron chi connectivity index (χ0n) is 14.0. The molecule has 0 N–H and O–H groups in total. The molecule has 8 nitrogen and oxygen atoms in total. The summed E-state index contributed by atoms with van der Waals surface area (Å²) >= 11 is 0. The summed E-state index contributed by atoms with van der Waals surface area (Å²) in [6, 6.07) is 11.0. The smallest absolute Gasteiger partial charge is 0.368 e. The predicted octanol–water partition coefficient (Wildman–Crippen LogP) is 2.96. The lowest BCUT2D eigenvalue weighted by atomic mass is 10.00. The highest BCUT2D eigenvalue weighted by atomic mass is 16.7. The number of hydrogen-bond donors (Lipinski definition) is 0. The van der Waals surface area contributed by atoms with Crippen LogP contribution in [-0.2, 0) is 9.63 Å². The van der Waals surface area contributed by atoms with Gasteiger partial charge in [-0.3, -0.25) is 10.1 Å². The number of hydrogen-bond acceptors (Lipinski definition) is 7. The second-order valence-corrected chi connectivity index (χ2v) is 5.30. The van der Waals surface area contributed by atoms with Crippen LogP contribution in [0.1, 0.15) is 11.1 Å². The van der Waals surface area contributed by atoms with Crippen LogP contribution >= 0.6 is 0 Å². The van der Waals surface area contributed by atoms with E-state index in [9.17, 15) is 14.9 Å². The maximum absolute atomic E-state index is 12.1. The summed E-state index contributed by atoms with van der Waals surface area (Å²) < 4.78 is 10.5. The van der Waals surface area contributed by atoms with Crippen LogP contribution in [0.2, 0.25) is 0 Å². The van der Waals surface area contributed by atoms with E-state index in [1.807, 2.05) is 0 Å². The van der Waals surface area contributed by atoms with Gasteiger partial charge in [0.15, 0.2) is 11.5 Å². The van der Waals surface area contributed by atoms with Crippen LogP contribution in [0.25, 0.3) is 6.08 Å². The number of nitro groups is 1. The fraction of sp³-hybridized carbons (Fsp3) is 0.111. The van der Waals surface area contributed by atoms with Crippen molar-refractivity contribution in [2.45, 2.75) is 0 Å². The molecule has 0 unspecified atom stereocenters. The Balaban J connectivity index is 2.02. The Kier molecular flexibility index (Phi) is 4.66. The molecule has 0 atom stereocenters. The first kappa shape index (κ1) is 17.2. The number of ether oxygens (including phenoxy) is 2. The molecule has 1 aliphatic heterocycles. The number of methoxy groups -OCH3 is 2. The van der Waals surface area contributed by atoms with Crippen molar-refractivity contribution in [1.29, 1.82) is 0 Å². The average molecular weight is 354 g/mol.